The molecule has 0 radical (unpaired) electrons. The third kappa shape index (κ3) is 1.85. The summed E-state index contributed by atoms with van der Waals surface area (Å²) < 4.78 is 0. The van der Waals surface area contributed by atoms with E-state index in [0.717, 1.165) is 12.3 Å². The molecule has 0 aromatic carbocycles. The average molecular weight is 207 g/mol. The molecule has 1 unspecified atom stereocenters. The monoisotopic (exact) mass is 207 g/mol. The average Bonchev–Trinajstić information content (AvgIpc) is 2.99. The smallest absolute Gasteiger partial charge is 0.252 e. The van der Waals surface area contributed by atoms with Crippen LogP contribution in [0.1, 0.15) is 39.0 Å². The summed E-state index contributed by atoms with van der Waals surface area (Å²) in [7, 11) is 0. The normalized spacial score (nSPS) is 37.9. The van der Waals surface area contributed by atoms with Gasteiger partial charge in [-0.05, 0) is 32.1 Å². The summed E-state index contributed by atoms with van der Waals surface area (Å²) in [5, 5.41) is 6.10. The van der Waals surface area contributed by atoms with Crippen LogP contribution in [-0.2, 0) is 4.79 Å². The number of amides is 1. The highest BCUT2D eigenvalue weighted by molar-refractivity contribution is 6.08. The summed E-state index contributed by atoms with van der Waals surface area (Å²) in [5.74, 6) is 1.54. The lowest BCUT2D eigenvalue weighted by atomic mass is 9.95. The van der Waals surface area contributed by atoms with Gasteiger partial charge in [0, 0.05) is 0 Å². The van der Waals surface area contributed by atoms with Crippen molar-refractivity contribution in [2.24, 2.45) is 10.9 Å². The molecule has 15 heavy (non-hydrogen) atoms. The number of hydrogen-bond acceptors (Lipinski definition) is 2. The molecule has 1 saturated heterocycles. The quantitative estimate of drug-likeness (QED) is 0.718. The van der Waals surface area contributed by atoms with Gasteiger partial charge in [0.05, 0.1) is 6.04 Å². The van der Waals surface area contributed by atoms with Gasteiger partial charge in [0.1, 0.15) is 5.54 Å². The Morgan fingerprint density at radius 1 is 1.40 bits per heavy atom. The molecular formula is C11H17N3O. The van der Waals surface area contributed by atoms with Crippen LogP contribution in [0.15, 0.2) is 4.99 Å². The lowest BCUT2D eigenvalue weighted by Gasteiger charge is -2.20. The molecular weight excluding hydrogens is 190 g/mol. The molecule has 3 aliphatic rings. The second kappa shape index (κ2) is 2.97. The van der Waals surface area contributed by atoms with Crippen LogP contribution in [0.4, 0.5) is 0 Å². The highest BCUT2D eigenvalue weighted by atomic mass is 16.2. The minimum absolute atomic E-state index is 0.0915. The maximum atomic E-state index is 11.8. The Hall–Kier alpha value is -1.06. The van der Waals surface area contributed by atoms with Gasteiger partial charge in [0.25, 0.3) is 5.91 Å². The van der Waals surface area contributed by atoms with Crippen LogP contribution in [0, 0.1) is 5.92 Å². The molecule has 2 N–H and O–H groups in total. The zero-order valence-electron chi connectivity index (χ0n) is 9.05. The zero-order chi connectivity index (χ0) is 10.5. The maximum absolute atomic E-state index is 11.8. The van der Waals surface area contributed by atoms with Crippen molar-refractivity contribution in [3.8, 4) is 0 Å². The van der Waals surface area contributed by atoms with Gasteiger partial charge in [-0.3, -0.25) is 10.1 Å². The number of guanidine groups is 1. The van der Waals surface area contributed by atoms with Crippen molar-refractivity contribution in [2.75, 3.05) is 0 Å². The molecule has 0 spiro atoms. The summed E-state index contributed by atoms with van der Waals surface area (Å²) in [6, 6.07) is 0.455. The first-order valence-corrected chi connectivity index (χ1v) is 5.83. The van der Waals surface area contributed by atoms with Crippen LogP contribution in [0.3, 0.4) is 0 Å². The van der Waals surface area contributed by atoms with Crippen LogP contribution >= 0.6 is 0 Å². The molecule has 3 fully saturated rings. The van der Waals surface area contributed by atoms with E-state index in [1.165, 1.54) is 25.7 Å². The number of nitrogens with one attached hydrogen (secondary N) is 2. The summed E-state index contributed by atoms with van der Waals surface area (Å²) in [5.41, 5.74) is -0.408. The Balaban J connectivity index is 1.70. The Bertz CT molecular complexity index is 331. The maximum Gasteiger partial charge on any atom is 0.252 e. The van der Waals surface area contributed by atoms with E-state index in [1.54, 1.807) is 0 Å². The fourth-order valence-corrected chi connectivity index (χ4v) is 2.09. The lowest BCUT2D eigenvalue weighted by molar-refractivity contribution is -0.123. The molecule has 0 aromatic rings. The molecule has 3 rings (SSSR count). The molecule has 0 aromatic heterocycles. The summed E-state index contributed by atoms with van der Waals surface area (Å²) in [6.07, 6.45) is 5.84. The van der Waals surface area contributed by atoms with Crippen molar-refractivity contribution in [1.29, 1.82) is 0 Å². The van der Waals surface area contributed by atoms with E-state index in [2.05, 4.69) is 15.6 Å². The van der Waals surface area contributed by atoms with Gasteiger partial charge in [-0.2, -0.15) is 0 Å². The SMILES string of the molecule is CC1(CC2CC2)NC(=NC2CC2)NC1=O. The number of nitrogens with zero attached hydrogens (tertiary/aromatic N) is 1. The molecule has 2 aliphatic carbocycles. The summed E-state index contributed by atoms with van der Waals surface area (Å²) in [6.45, 7) is 1.98. The van der Waals surface area contributed by atoms with Crippen molar-refractivity contribution in [3.63, 3.8) is 0 Å². The van der Waals surface area contributed by atoms with E-state index >= 15 is 0 Å². The van der Waals surface area contributed by atoms with Gasteiger partial charge in [0.15, 0.2) is 5.96 Å². The summed E-state index contributed by atoms with van der Waals surface area (Å²) in [4.78, 5) is 16.3. The standard InChI is InChI=1S/C11H17N3O/c1-11(6-7-2-3-7)9(15)13-10(14-11)12-8-4-5-8/h7-8H,2-6H2,1H3,(H2,12,13,14,15). The van der Waals surface area contributed by atoms with E-state index in [9.17, 15) is 4.79 Å². The van der Waals surface area contributed by atoms with Crippen molar-refractivity contribution in [2.45, 2.75) is 50.6 Å². The molecule has 4 nitrogen and oxygen atoms in total. The van der Waals surface area contributed by atoms with Crippen LogP contribution in [0.2, 0.25) is 0 Å². The van der Waals surface area contributed by atoms with Crippen LogP contribution in [0.25, 0.3) is 0 Å². The molecule has 1 heterocycles. The van der Waals surface area contributed by atoms with Gasteiger partial charge in [-0.25, -0.2) is 4.99 Å². The van der Waals surface area contributed by atoms with Gasteiger partial charge >= 0.3 is 0 Å². The highest BCUT2D eigenvalue weighted by Crippen LogP contribution is 2.37. The van der Waals surface area contributed by atoms with Crippen molar-refractivity contribution in [3.05, 3.63) is 0 Å². The Kier molecular flexibility index (Phi) is 1.82. The van der Waals surface area contributed by atoms with E-state index in [-0.39, 0.29) is 5.91 Å². The van der Waals surface area contributed by atoms with E-state index < -0.39 is 5.54 Å². The molecule has 82 valence electrons. The van der Waals surface area contributed by atoms with Crippen LogP contribution in [0.5, 0.6) is 0 Å². The van der Waals surface area contributed by atoms with Gasteiger partial charge in [-0.1, -0.05) is 12.8 Å². The van der Waals surface area contributed by atoms with E-state index in [0.29, 0.717) is 12.0 Å². The van der Waals surface area contributed by atoms with Crippen molar-refractivity contribution in [1.82, 2.24) is 10.6 Å². The highest BCUT2D eigenvalue weighted by Gasteiger charge is 2.44. The second-order valence-electron chi connectivity index (χ2n) is 5.27. The molecule has 2 saturated carbocycles. The van der Waals surface area contributed by atoms with Gasteiger partial charge in [0.2, 0.25) is 0 Å². The topological polar surface area (TPSA) is 53.5 Å². The molecule has 1 amide bonds. The number of carbonyl (C=O) groups is 1. The van der Waals surface area contributed by atoms with Crippen LogP contribution in [-0.4, -0.2) is 23.4 Å². The second-order valence-corrected chi connectivity index (χ2v) is 5.27. The van der Waals surface area contributed by atoms with Crippen molar-refractivity contribution < 1.29 is 4.79 Å². The Morgan fingerprint density at radius 3 is 2.73 bits per heavy atom. The van der Waals surface area contributed by atoms with Gasteiger partial charge in [-0.15, -0.1) is 0 Å². The fourth-order valence-electron chi connectivity index (χ4n) is 2.09. The minimum atomic E-state index is -0.408. The number of rotatable bonds is 3. The largest absolute Gasteiger partial charge is 0.342 e. The fraction of sp³-hybridized carbons (Fsp3) is 0.818. The number of hydrogen-bond donors (Lipinski definition) is 2. The Morgan fingerprint density at radius 2 is 2.13 bits per heavy atom. The zero-order valence-corrected chi connectivity index (χ0v) is 9.05. The third-order valence-electron chi connectivity index (χ3n) is 3.38. The predicted octanol–water partition coefficient (Wildman–Crippen LogP) is 0.783. The Labute approximate surface area is 89.5 Å². The van der Waals surface area contributed by atoms with Crippen LogP contribution < -0.4 is 10.6 Å². The predicted molar refractivity (Wildman–Crippen MR) is 57.5 cm³/mol. The first-order valence-electron chi connectivity index (χ1n) is 5.83. The van der Waals surface area contributed by atoms with Gasteiger partial charge < -0.3 is 5.32 Å². The molecule has 1 atom stereocenters. The molecule has 1 aliphatic heterocycles. The lowest BCUT2D eigenvalue weighted by Crippen LogP contribution is -2.44. The molecule has 4 heteroatoms. The third-order valence-corrected chi connectivity index (χ3v) is 3.38. The summed E-state index contributed by atoms with van der Waals surface area (Å²) >= 11 is 0. The molecule has 0 bridgehead atoms. The van der Waals surface area contributed by atoms with E-state index in [1.807, 2.05) is 6.92 Å². The van der Waals surface area contributed by atoms with Crippen molar-refractivity contribution >= 4 is 11.9 Å². The minimum Gasteiger partial charge on any atom is -0.342 e. The van der Waals surface area contributed by atoms with E-state index in [4.69, 9.17) is 0 Å². The number of carbonyl (C=O) groups excluding carboxylic acids is 1. The first kappa shape index (κ1) is 9.19. The first-order chi connectivity index (χ1) is 7.16. The number of aliphatic imine (C=N–C) groups is 1.